The lowest BCUT2D eigenvalue weighted by atomic mass is 9.89. The van der Waals surface area contributed by atoms with Crippen molar-refractivity contribution in [1.82, 2.24) is 10.6 Å². The van der Waals surface area contributed by atoms with Gasteiger partial charge in [0.1, 0.15) is 0 Å². The molecule has 1 saturated heterocycles. The minimum Gasteiger partial charge on any atom is -0.356 e. The summed E-state index contributed by atoms with van der Waals surface area (Å²) in [6.07, 6.45) is 8.74. The van der Waals surface area contributed by atoms with Crippen molar-refractivity contribution in [2.75, 3.05) is 19.6 Å². The molecule has 2 aliphatic rings. The van der Waals surface area contributed by atoms with Gasteiger partial charge in [-0.2, -0.15) is 0 Å². The van der Waals surface area contributed by atoms with E-state index in [1.807, 2.05) is 0 Å². The van der Waals surface area contributed by atoms with Gasteiger partial charge in [0.05, 0.1) is 0 Å². The number of hydrogen-bond acceptors (Lipinski definition) is 2. The van der Waals surface area contributed by atoms with Crippen LogP contribution in [0, 0.1) is 11.8 Å². The van der Waals surface area contributed by atoms with Crippen LogP contribution in [0.1, 0.15) is 44.9 Å². The first-order valence-electron chi connectivity index (χ1n) is 6.84. The van der Waals surface area contributed by atoms with Crippen molar-refractivity contribution in [2.45, 2.75) is 44.9 Å². The number of hydrogen-bond donors (Lipinski definition) is 2. The molecule has 3 heteroatoms. The zero-order valence-corrected chi connectivity index (χ0v) is 10.1. The Kier molecular flexibility index (Phi) is 4.64. The fourth-order valence-corrected chi connectivity index (χ4v) is 2.86. The summed E-state index contributed by atoms with van der Waals surface area (Å²) >= 11 is 0. The van der Waals surface area contributed by atoms with E-state index in [0.717, 1.165) is 38.4 Å². The summed E-state index contributed by atoms with van der Waals surface area (Å²) in [6, 6.07) is 0. The first-order chi connectivity index (χ1) is 7.86. The predicted molar refractivity (Wildman–Crippen MR) is 65.2 cm³/mol. The summed E-state index contributed by atoms with van der Waals surface area (Å²) in [4.78, 5) is 11.9. The van der Waals surface area contributed by atoms with Crippen molar-refractivity contribution in [3.05, 3.63) is 0 Å². The van der Waals surface area contributed by atoms with Gasteiger partial charge in [0.2, 0.25) is 5.91 Å². The van der Waals surface area contributed by atoms with Crippen LogP contribution in [0.5, 0.6) is 0 Å². The lowest BCUT2D eigenvalue weighted by Crippen LogP contribution is -2.40. The number of rotatable bonds is 3. The van der Waals surface area contributed by atoms with Gasteiger partial charge in [-0.1, -0.05) is 19.3 Å². The normalized spacial score (nSPS) is 24.2. The first-order valence-corrected chi connectivity index (χ1v) is 6.84. The van der Waals surface area contributed by atoms with Crippen molar-refractivity contribution >= 4 is 5.91 Å². The van der Waals surface area contributed by atoms with Crippen LogP contribution in [0.2, 0.25) is 0 Å². The van der Waals surface area contributed by atoms with Gasteiger partial charge >= 0.3 is 0 Å². The number of nitrogens with one attached hydrogen (secondary N) is 2. The van der Waals surface area contributed by atoms with E-state index >= 15 is 0 Å². The van der Waals surface area contributed by atoms with E-state index in [1.165, 1.54) is 32.1 Å². The summed E-state index contributed by atoms with van der Waals surface area (Å²) in [6.45, 7) is 2.92. The van der Waals surface area contributed by atoms with Crippen LogP contribution >= 0.6 is 0 Å². The lowest BCUT2D eigenvalue weighted by Gasteiger charge is -2.25. The van der Waals surface area contributed by atoms with Gasteiger partial charge < -0.3 is 10.6 Å². The van der Waals surface area contributed by atoms with E-state index < -0.39 is 0 Å². The average Bonchev–Trinajstić information content (AvgIpc) is 2.38. The molecule has 16 heavy (non-hydrogen) atoms. The number of piperidine rings is 1. The molecule has 3 nitrogen and oxygen atoms in total. The molecule has 1 heterocycles. The van der Waals surface area contributed by atoms with Crippen molar-refractivity contribution in [1.29, 1.82) is 0 Å². The van der Waals surface area contributed by atoms with Crippen LogP contribution in [0.25, 0.3) is 0 Å². The minimum atomic E-state index is 0.268. The van der Waals surface area contributed by atoms with Gasteiger partial charge in [0, 0.05) is 12.5 Å². The second-order valence-corrected chi connectivity index (χ2v) is 5.27. The van der Waals surface area contributed by atoms with Crippen molar-refractivity contribution in [3.63, 3.8) is 0 Å². The Morgan fingerprint density at radius 3 is 2.44 bits per heavy atom. The molecule has 1 amide bonds. The molecule has 1 aliphatic heterocycles. The molecule has 0 bridgehead atoms. The number of carbonyl (C=O) groups excluding carboxylic acids is 1. The van der Waals surface area contributed by atoms with Crippen LogP contribution in [-0.2, 0) is 4.79 Å². The number of carbonyl (C=O) groups is 1. The van der Waals surface area contributed by atoms with E-state index in [9.17, 15) is 4.79 Å². The van der Waals surface area contributed by atoms with Crippen molar-refractivity contribution < 1.29 is 4.79 Å². The maximum absolute atomic E-state index is 11.9. The molecule has 0 unspecified atom stereocenters. The van der Waals surface area contributed by atoms with E-state index in [1.54, 1.807) is 0 Å². The molecule has 0 aromatic heterocycles. The number of amides is 1. The Balaban J connectivity index is 1.65. The highest BCUT2D eigenvalue weighted by Gasteiger charge is 2.21. The molecule has 0 radical (unpaired) electrons. The van der Waals surface area contributed by atoms with Gasteiger partial charge in [-0.15, -0.1) is 0 Å². The largest absolute Gasteiger partial charge is 0.356 e. The molecule has 2 fully saturated rings. The third-order valence-electron chi connectivity index (χ3n) is 4.00. The summed E-state index contributed by atoms with van der Waals surface area (Å²) in [5.41, 5.74) is 0. The fraction of sp³-hybridized carbons (Fsp3) is 0.923. The van der Waals surface area contributed by atoms with Gasteiger partial charge in [0.15, 0.2) is 0 Å². The quantitative estimate of drug-likeness (QED) is 0.766. The molecule has 0 spiro atoms. The Morgan fingerprint density at radius 1 is 1.06 bits per heavy atom. The van der Waals surface area contributed by atoms with Gasteiger partial charge in [-0.3, -0.25) is 4.79 Å². The Hall–Kier alpha value is -0.570. The van der Waals surface area contributed by atoms with Crippen LogP contribution in [0.3, 0.4) is 0 Å². The van der Waals surface area contributed by atoms with Gasteiger partial charge in [0.25, 0.3) is 0 Å². The highest BCUT2D eigenvalue weighted by Crippen LogP contribution is 2.23. The van der Waals surface area contributed by atoms with Gasteiger partial charge in [-0.25, -0.2) is 0 Å². The third-order valence-corrected chi connectivity index (χ3v) is 4.00. The molecule has 1 aliphatic carbocycles. The topological polar surface area (TPSA) is 41.1 Å². The maximum atomic E-state index is 11.9. The van der Waals surface area contributed by atoms with Crippen LogP contribution in [0.4, 0.5) is 0 Å². The zero-order valence-electron chi connectivity index (χ0n) is 10.1. The molecule has 2 rings (SSSR count). The summed E-state index contributed by atoms with van der Waals surface area (Å²) in [7, 11) is 0. The molecular formula is C13H24N2O. The molecular weight excluding hydrogens is 200 g/mol. The second-order valence-electron chi connectivity index (χ2n) is 5.27. The molecule has 2 N–H and O–H groups in total. The average molecular weight is 224 g/mol. The zero-order chi connectivity index (χ0) is 11.2. The molecule has 1 saturated carbocycles. The van der Waals surface area contributed by atoms with Crippen LogP contribution < -0.4 is 10.6 Å². The monoisotopic (exact) mass is 224 g/mol. The van der Waals surface area contributed by atoms with E-state index in [-0.39, 0.29) is 5.92 Å². The summed E-state index contributed by atoms with van der Waals surface area (Å²) < 4.78 is 0. The Morgan fingerprint density at radius 2 is 1.75 bits per heavy atom. The molecule has 0 aromatic carbocycles. The van der Waals surface area contributed by atoms with Crippen LogP contribution in [0.15, 0.2) is 0 Å². The molecule has 0 atom stereocenters. The molecule has 92 valence electrons. The summed E-state index contributed by atoms with van der Waals surface area (Å²) in [5, 5.41) is 6.45. The standard InChI is InChI=1S/C13H24N2O/c16-13(12-6-8-14-9-7-12)15-10-11-4-2-1-3-5-11/h11-12,14H,1-10H2,(H,15,16). The molecule has 0 aromatic rings. The summed E-state index contributed by atoms with van der Waals surface area (Å²) in [5.74, 6) is 1.32. The second kappa shape index (κ2) is 6.24. The minimum absolute atomic E-state index is 0.268. The van der Waals surface area contributed by atoms with Crippen molar-refractivity contribution in [3.8, 4) is 0 Å². The lowest BCUT2D eigenvalue weighted by molar-refractivity contribution is -0.125. The Bertz CT molecular complexity index is 218. The predicted octanol–water partition coefficient (Wildman–Crippen LogP) is 1.68. The fourth-order valence-electron chi connectivity index (χ4n) is 2.86. The van der Waals surface area contributed by atoms with Crippen molar-refractivity contribution in [2.24, 2.45) is 11.8 Å². The highest BCUT2D eigenvalue weighted by atomic mass is 16.1. The smallest absolute Gasteiger partial charge is 0.223 e. The SMILES string of the molecule is O=C(NCC1CCCCC1)C1CCNCC1. The first kappa shape index (κ1) is 11.9. The van der Waals surface area contributed by atoms with Gasteiger partial charge in [-0.05, 0) is 44.7 Å². The van der Waals surface area contributed by atoms with E-state index in [2.05, 4.69) is 10.6 Å². The maximum Gasteiger partial charge on any atom is 0.223 e. The van der Waals surface area contributed by atoms with E-state index in [0.29, 0.717) is 5.91 Å². The Labute approximate surface area is 98.4 Å². The van der Waals surface area contributed by atoms with E-state index in [4.69, 9.17) is 0 Å². The third kappa shape index (κ3) is 3.48. The highest BCUT2D eigenvalue weighted by molar-refractivity contribution is 5.78. The van der Waals surface area contributed by atoms with Crippen LogP contribution in [-0.4, -0.2) is 25.5 Å².